The Balaban J connectivity index is 4.72. The third-order valence-corrected chi connectivity index (χ3v) is 6.54. The zero-order valence-corrected chi connectivity index (χ0v) is 8.20. The molecular formula is C9H16Si. The third kappa shape index (κ3) is 1.48. The molecule has 0 aromatic rings. The molecule has 0 aliphatic rings. The lowest BCUT2D eigenvalue weighted by Crippen LogP contribution is -2.30. The molecule has 1 heteroatoms. The SMILES string of the molecule is C=C[Si](C)(C(=C)C)C(=C)C. The minimum atomic E-state index is -1.50. The van der Waals surface area contributed by atoms with Crippen molar-refractivity contribution in [2.75, 3.05) is 0 Å². The average Bonchev–Trinajstić information content (AvgIpc) is 1.85. The highest BCUT2D eigenvalue weighted by molar-refractivity contribution is 6.95. The molecule has 0 bridgehead atoms. The van der Waals surface area contributed by atoms with Crippen LogP contribution in [0.1, 0.15) is 13.8 Å². The van der Waals surface area contributed by atoms with E-state index >= 15 is 0 Å². The lowest BCUT2D eigenvalue weighted by molar-refractivity contribution is 1.53. The van der Waals surface area contributed by atoms with Gasteiger partial charge in [-0.25, -0.2) is 0 Å². The number of hydrogen-bond acceptors (Lipinski definition) is 0. The minimum Gasteiger partial charge on any atom is -0.106 e. The van der Waals surface area contributed by atoms with Crippen molar-refractivity contribution in [3.05, 3.63) is 35.8 Å². The molecule has 10 heavy (non-hydrogen) atoms. The summed E-state index contributed by atoms with van der Waals surface area (Å²) in [7, 11) is -1.50. The van der Waals surface area contributed by atoms with E-state index in [1.165, 1.54) is 10.4 Å². The fourth-order valence-corrected chi connectivity index (χ4v) is 2.14. The molecule has 0 spiro atoms. The van der Waals surface area contributed by atoms with Gasteiger partial charge >= 0.3 is 0 Å². The van der Waals surface area contributed by atoms with E-state index in [2.05, 4.69) is 40.1 Å². The van der Waals surface area contributed by atoms with Crippen molar-refractivity contribution in [1.29, 1.82) is 0 Å². The predicted octanol–water partition coefficient (Wildman–Crippen LogP) is 3.02. The van der Waals surface area contributed by atoms with Gasteiger partial charge in [0.25, 0.3) is 0 Å². The number of rotatable bonds is 3. The Labute approximate surface area is 65.0 Å². The summed E-state index contributed by atoms with van der Waals surface area (Å²) >= 11 is 0. The van der Waals surface area contributed by atoms with Gasteiger partial charge in [-0.2, -0.15) is 0 Å². The maximum absolute atomic E-state index is 3.95. The molecule has 0 rings (SSSR count). The van der Waals surface area contributed by atoms with Gasteiger partial charge in [0.15, 0.2) is 0 Å². The van der Waals surface area contributed by atoms with Crippen molar-refractivity contribution < 1.29 is 0 Å². The topological polar surface area (TPSA) is 0 Å². The van der Waals surface area contributed by atoms with Crippen molar-refractivity contribution in [3.8, 4) is 0 Å². The zero-order chi connectivity index (χ0) is 8.36. The average molecular weight is 152 g/mol. The van der Waals surface area contributed by atoms with Crippen molar-refractivity contribution in [2.45, 2.75) is 20.4 Å². The van der Waals surface area contributed by atoms with Crippen LogP contribution in [0.3, 0.4) is 0 Å². The van der Waals surface area contributed by atoms with Crippen LogP contribution in [0.25, 0.3) is 0 Å². The Morgan fingerprint density at radius 2 is 1.50 bits per heavy atom. The molecule has 0 nitrogen and oxygen atoms in total. The monoisotopic (exact) mass is 152 g/mol. The largest absolute Gasteiger partial charge is 0.127 e. The van der Waals surface area contributed by atoms with Gasteiger partial charge in [0.1, 0.15) is 8.07 Å². The molecule has 0 fully saturated rings. The maximum atomic E-state index is 3.95. The van der Waals surface area contributed by atoms with Crippen LogP contribution in [-0.4, -0.2) is 8.07 Å². The normalized spacial score (nSPS) is 10.7. The summed E-state index contributed by atoms with van der Waals surface area (Å²) in [5.41, 5.74) is 2.03. The molecule has 0 aliphatic carbocycles. The first kappa shape index (κ1) is 9.44. The van der Waals surface area contributed by atoms with Crippen LogP contribution in [0.5, 0.6) is 0 Å². The fourth-order valence-electron chi connectivity index (χ4n) is 0.713. The molecule has 0 unspecified atom stereocenters. The molecule has 56 valence electrons. The summed E-state index contributed by atoms with van der Waals surface area (Å²) in [6, 6.07) is 0. The quantitative estimate of drug-likeness (QED) is 0.545. The van der Waals surface area contributed by atoms with Gasteiger partial charge in [0.05, 0.1) is 0 Å². The highest BCUT2D eigenvalue weighted by Gasteiger charge is 2.24. The smallest absolute Gasteiger partial charge is 0.106 e. The Hall–Kier alpha value is -0.563. The van der Waals surface area contributed by atoms with E-state index in [0.717, 1.165) is 0 Å². The van der Waals surface area contributed by atoms with Gasteiger partial charge in [-0.05, 0) is 13.8 Å². The summed E-state index contributed by atoms with van der Waals surface area (Å²) in [4.78, 5) is 0. The number of hydrogen-bond donors (Lipinski definition) is 0. The predicted molar refractivity (Wildman–Crippen MR) is 51.4 cm³/mol. The summed E-state index contributed by atoms with van der Waals surface area (Å²) in [6.07, 6.45) is 0. The van der Waals surface area contributed by atoms with Crippen LogP contribution >= 0.6 is 0 Å². The van der Waals surface area contributed by atoms with Crippen LogP contribution in [0, 0.1) is 0 Å². The van der Waals surface area contributed by atoms with Gasteiger partial charge in [-0.1, -0.05) is 22.6 Å². The molecule has 0 amide bonds. The van der Waals surface area contributed by atoms with Crippen LogP contribution in [0.4, 0.5) is 0 Å². The molecule has 0 atom stereocenters. The van der Waals surface area contributed by atoms with Gasteiger partial charge in [-0.3, -0.25) is 0 Å². The lowest BCUT2D eigenvalue weighted by atomic mass is 10.7. The molecule has 0 aliphatic heterocycles. The van der Waals surface area contributed by atoms with E-state index in [-0.39, 0.29) is 0 Å². The van der Waals surface area contributed by atoms with E-state index in [1.54, 1.807) is 0 Å². The van der Waals surface area contributed by atoms with Gasteiger partial charge in [0, 0.05) is 0 Å². The first-order valence-corrected chi connectivity index (χ1v) is 5.98. The Kier molecular flexibility index (Phi) is 2.85. The standard InChI is InChI=1S/C9H16Si/c1-7-10(6,8(2)3)9(4)5/h7H,1-2,4H2,3,5-6H3. The van der Waals surface area contributed by atoms with E-state index in [0.29, 0.717) is 0 Å². The van der Waals surface area contributed by atoms with Crippen LogP contribution in [0.15, 0.2) is 35.8 Å². The second-order valence-electron chi connectivity index (χ2n) is 2.97. The molecule has 0 radical (unpaired) electrons. The molecule has 0 saturated carbocycles. The zero-order valence-electron chi connectivity index (χ0n) is 7.20. The van der Waals surface area contributed by atoms with Crippen molar-refractivity contribution >= 4 is 8.07 Å². The van der Waals surface area contributed by atoms with Crippen LogP contribution in [0.2, 0.25) is 6.55 Å². The highest BCUT2D eigenvalue weighted by atomic mass is 28.3. The van der Waals surface area contributed by atoms with Crippen molar-refractivity contribution in [1.82, 2.24) is 0 Å². The Morgan fingerprint density at radius 3 is 1.50 bits per heavy atom. The summed E-state index contributed by atoms with van der Waals surface area (Å²) in [6.45, 7) is 18.0. The molecule has 0 N–H and O–H groups in total. The third-order valence-electron chi connectivity index (χ3n) is 2.18. The second-order valence-corrected chi connectivity index (χ2v) is 7.49. The Morgan fingerprint density at radius 1 is 1.20 bits per heavy atom. The van der Waals surface area contributed by atoms with Crippen molar-refractivity contribution in [3.63, 3.8) is 0 Å². The molecule has 0 saturated heterocycles. The first-order chi connectivity index (χ1) is 4.45. The summed E-state index contributed by atoms with van der Waals surface area (Å²) in [5.74, 6) is 0. The van der Waals surface area contributed by atoms with Crippen LogP contribution < -0.4 is 0 Å². The van der Waals surface area contributed by atoms with E-state index in [1.807, 2.05) is 5.70 Å². The Bertz CT molecular complexity index is 163. The molecule has 0 aromatic carbocycles. The molecule has 0 heterocycles. The minimum absolute atomic E-state index is 1.23. The first-order valence-electron chi connectivity index (χ1n) is 3.40. The van der Waals surface area contributed by atoms with Gasteiger partial charge < -0.3 is 0 Å². The lowest BCUT2D eigenvalue weighted by Gasteiger charge is -2.23. The summed E-state index contributed by atoms with van der Waals surface area (Å²) in [5, 5.41) is 2.46. The van der Waals surface area contributed by atoms with Crippen LogP contribution in [-0.2, 0) is 0 Å². The second kappa shape index (κ2) is 3.02. The van der Waals surface area contributed by atoms with Gasteiger partial charge in [-0.15, -0.1) is 19.7 Å². The van der Waals surface area contributed by atoms with Gasteiger partial charge in [0.2, 0.25) is 0 Å². The maximum Gasteiger partial charge on any atom is 0.127 e. The molecule has 0 aromatic heterocycles. The van der Waals surface area contributed by atoms with E-state index < -0.39 is 8.07 Å². The van der Waals surface area contributed by atoms with Crippen molar-refractivity contribution in [2.24, 2.45) is 0 Å². The number of allylic oxidation sites excluding steroid dienone is 2. The fraction of sp³-hybridized carbons (Fsp3) is 0.333. The van der Waals surface area contributed by atoms with E-state index in [4.69, 9.17) is 0 Å². The molecular weight excluding hydrogens is 136 g/mol. The summed E-state index contributed by atoms with van der Waals surface area (Å²) < 4.78 is 0. The highest BCUT2D eigenvalue weighted by Crippen LogP contribution is 2.20. The van der Waals surface area contributed by atoms with E-state index in [9.17, 15) is 0 Å².